The Morgan fingerprint density at radius 2 is 0.806 bits per heavy atom. The van der Waals surface area contributed by atoms with Gasteiger partial charge in [0.05, 0.1) is 137 Å². The number of ketones is 1. The number of carboxylic acid groups (broad SMARTS) is 2. The van der Waals surface area contributed by atoms with Gasteiger partial charge in [0.25, 0.3) is 0 Å². The molecule has 8 atom stereocenters. The Hall–Kier alpha value is -0.850. The second kappa shape index (κ2) is 41.6. The third kappa shape index (κ3) is 38.4. The van der Waals surface area contributed by atoms with E-state index in [4.69, 9.17) is 52.1 Å². The number of rotatable bonds is 42. The van der Waals surface area contributed by atoms with Crippen molar-refractivity contribution in [3.8, 4) is 0 Å². The summed E-state index contributed by atoms with van der Waals surface area (Å²) in [6.45, 7) is -3.21. The molecular formula is C38H62Na2O22. The molecule has 0 radical (unpaired) electrons. The van der Waals surface area contributed by atoms with Crippen LogP contribution in [0.3, 0.4) is 0 Å². The van der Waals surface area contributed by atoms with E-state index in [9.17, 15) is 55.2 Å². The fourth-order valence-electron chi connectivity index (χ4n) is 4.53. The van der Waals surface area contributed by atoms with Crippen molar-refractivity contribution < 1.29 is 166 Å². The molecule has 0 heterocycles. The number of hydrogen-bond donors (Lipinski definition) is 6. The van der Waals surface area contributed by atoms with Gasteiger partial charge in [0.1, 0.15) is 55.4 Å². The van der Waals surface area contributed by atoms with Crippen molar-refractivity contribution in [1.82, 2.24) is 0 Å². The minimum atomic E-state index is -1.44. The summed E-state index contributed by atoms with van der Waals surface area (Å²) >= 11 is 0. The van der Waals surface area contributed by atoms with E-state index in [0.717, 1.165) is 5.56 Å². The number of aliphatic hydroxyl groups is 6. The summed E-state index contributed by atoms with van der Waals surface area (Å²) in [7, 11) is 0. The first kappa shape index (κ1) is 63.2. The first-order valence-corrected chi connectivity index (χ1v) is 19.2. The zero-order valence-corrected chi connectivity index (χ0v) is 39.9. The number of Topliss-reactive ketones (excluding diaryl/α,β-unsaturated/α-hetero) is 1. The Morgan fingerprint density at radius 1 is 0.468 bits per heavy atom. The van der Waals surface area contributed by atoms with Gasteiger partial charge in [0.15, 0.2) is 5.78 Å². The number of benzene rings is 1. The van der Waals surface area contributed by atoms with Crippen molar-refractivity contribution in [3.63, 3.8) is 0 Å². The number of aliphatic carboxylic acids is 2. The van der Waals surface area contributed by atoms with E-state index in [1.54, 1.807) is 0 Å². The molecule has 1 rings (SSSR count). The monoisotopic (exact) mass is 916 g/mol. The Balaban J connectivity index is 0. The average molecular weight is 917 g/mol. The molecule has 0 saturated carbocycles. The van der Waals surface area contributed by atoms with Gasteiger partial charge in [-0.05, 0) is 12.5 Å². The average Bonchev–Trinajstić information content (AvgIpc) is 3.19. The second-order valence-corrected chi connectivity index (χ2v) is 13.5. The molecule has 348 valence electrons. The molecule has 22 nitrogen and oxygen atoms in total. The first-order chi connectivity index (χ1) is 28.8. The fraction of sp³-hybridized carbons (Fsp3) is 0.763. The molecule has 0 saturated heterocycles. The van der Waals surface area contributed by atoms with Gasteiger partial charge in [0, 0.05) is 0 Å². The number of carbonyl (C=O) groups excluding carboxylic acids is 3. The van der Waals surface area contributed by atoms with Crippen molar-refractivity contribution >= 4 is 17.7 Å². The van der Waals surface area contributed by atoms with Gasteiger partial charge in [-0.1, -0.05) is 30.3 Å². The van der Waals surface area contributed by atoms with E-state index in [1.165, 1.54) is 6.92 Å². The molecule has 0 amide bonds. The van der Waals surface area contributed by atoms with Gasteiger partial charge >= 0.3 is 59.1 Å². The largest absolute Gasteiger partial charge is 1.00 e. The summed E-state index contributed by atoms with van der Waals surface area (Å²) in [5.74, 6) is -3.10. The van der Waals surface area contributed by atoms with Crippen LogP contribution < -0.4 is 69.3 Å². The normalized spacial score (nSPS) is 15.3. The van der Waals surface area contributed by atoms with Crippen molar-refractivity contribution in [2.24, 2.45) is 0 Å². The first-order valence-electron chi connectivity index (χ1n) is 19.2. The topological polar surface area (TPSA) is 320 Å². The van der Waals surface area contributed by atoms with E-state index in [1.807, 2.05) is 30.3 Å². The number of carboxylic acids is 2. The van der Waals surface area contributed by atoms with Crippen LogP contribution in [0.4, 0.5) is 0 Å². The zero-order chi connectivity index (χ0) is 44.4. The molecule has 1 aromatic rings. The predicted octanol–water partition coefficient (Wildman–Crippen LogP) is -11.6. The van der Waals surface area contributed by atoms with Crippen LogP contribution in [0.5, 0.6) is 0 Å². The molecule has 0 bridgehead atoms. The summed E-state index contributed by atoms with van der Waals surface area (Å²) in [5, 5.41) is 81.2. The van der Waals surface area contributed by atoms with Crippen LogP contribution in [0.1, 0.15) is 12.5 Å². The number of ether oxygens (including phenoxy) is 11. The number of aliphatic hydroxyl groups excluding tert-OH is 6. The standard InChI is InChI=1S/C38H64O22.2Na/c1-27(40)8-58-34(7-39)20-53-12-31(43)13-54-22-36(60-19-33(45)17-52-11-30(42)15-56-26-38(48)49)24-57-23-35(21-50-9-28-5-3-2-4-6-28)59-18-32(44)16-51-10-29(41)14-55-25-37(46)47;;/h2-6,29-36,39,41-45H,7-26H2,1H3,(H,46,47)(H,48,49);;/q;2*+1/p-2. The van der Waals surface area contributed by atoms with Crippen molar-refractivity contribution in [1.29, 1.82) is 0 Å². The van der Waals surface area contributed by atoms with Crippen LogP contribution in [0, 0.1) is 0 Å². The second-order valence-electron chi connectivity index (χ2n) is 13.5. The maximum absolute atomic E-state index is 11.1. The smallest absolute Gasteiger partial charge is 0.548 e. The van der Waals surface area contributed by atoms with Gasteiger partial charge in [-0.25, -0.2) is 0 Å². The van der Waals surface area contributed by atoms with Gasteiger partial charge in [-0.2, -0.15) is 0 Å². The van der Waals surface area contributed by atoms with Crippen LogP contribution in [0.15, 0.2) is 30.3 Å². The molecule has 1 aromatic carbocycles. The molecule has 24 heteroatoms. The quantitative estimate of drug-likeness (QED) is 0.0332. The van der Waals surface area contributed by atoms with Crippen molar-refractivity contribution in [2.75, 3.05) is 126 Å². The van der Waals surface area contributed by atoms with Crippen molar-refractivity contribution in [2.45, 2.75) is 62.4 Å². The summed E-state index contributed by atoms with van der Waals surface area (Å²) in [6.07, 6.45) is -7.98. The Labute approximate surface area is 405 Å². The van der Waals surface area contributed by atoms with E-state index < -0.39 is 80.6 Å². The predicted molar refractivity (Wildman–Crippen MR) is 199 cm³/mol. The summed E-state index contributed by atoms with van der Waals surface area (Å²) < 4.78 is 59.6. The van der Waals surface area contributed by atoms with Crippen LogP contribution in [0.2, 0.25) is 0 Å². The Kier molecular flexibility index (Phi) is 42.4. The SMILES string of the molecule is CC(=O)COC(CO)COCC(O)COCC(COCC(COCc1ccccc1)OCC(O)COCC(O)COCC(=O)[O-])OCC(O)COCC(O)COCC(=O)[O-].[Na+].[Na+]. The molecule has 0 fully saturated rings. The summed E-state index contributed by atoms with van der Waals surface area (Å²) in [5.41, 5.74) is 0.904. The molecule has 0 aliphatic heterocycles. The number of carbonyl (C=O) groups is 3. The maximum atomic E-state index is 11.1. The maximum Gasteiger partial charge on any atom is 1.00 e. The van der Waals surface area contributed by atoms with Crippen molar-refractivity contribution in [3.05, 3.63) is 35.9 Å². The number of hydrogen-bond acceptors (Lipinski definition) is 22. The molecule has 0 aliphatic rings. The Bertz CT molecular complexity index is 1230. The Morgan fingerprint density at radius 3 is 1.19 bits per heavy atom. The van der Waals surface area contributed by atoms with Crippen LogP contribution in [0.25, 0.3) is 0 Å². The third-order valence-electron chi connectivity index (χ3n) is 7.33. The van der Waals surface area contributed by atoms with E-state index in [0.29, 0.717) is 0 Å². The van der Waals surface area contributed by atoms with Crippen LogP contribution in [-0.4, -0.2) is 223 Å². The van der Waals surface area contributed by atoms with Gasteiger partial charge in [-0.3, -0.25) is 4.79 Å². The molecule has 62 heavy (non-hydrogen) atoms. The molecule has 6 N–H and O–H groups in total. The molecule has 0 aliphatic carbocycles. The van der Waals surface area contributed by atoms with Crippen LogP contribution >= 0.6 is 0 Å². The van der Waals surface area contributed by atoms with E-state index >= 15 is 0 Å². The molecule has 0 aromatic heterocycles. The van der Waals surface area contributed by atoms with Gasteiger partial charge < -0.3 is 103 Å². The zero-order valence-electron chi connectivity index (χ0n) is 35.9. The van der Waals surface area contributed by atoms with Gasteiger partial charge in [-0.15, -0.1) is 0 Å². The molecule has 8 unspecified atom stereocenters. The molecular weight excluding hydrogens is 854 g/mol. The van der Waals surface area contributed by atoms with E-state index in [-0.39, 0.29) is 177 Å². The minimum absolute atomic E-state index is 0. The van der Waals surface area contributed by atoms with E-state index in [2.05, 4.69) is 0 Å². The van der Waals surface area contributed by atoms with Gasteiger partial charge in [0.2, 0.25) is 0 Å². The fourth-order valence-corrected chi connectivity index (χ4v) is 4.53. The molecule has 0 spiro atoms. The third-order valence-corrected chi connectivity index (χ3v) is 7.33. The van der Waals surface area contributed by atoms with Crippen LogP contribution in [-0.2, 0) is 73.1 Å². The summed E-state index contributed by atoms with van der Waals surface area (Å²) in [4.78, 5) is 32.0. The summed E-state index contributed by atoms with van der Waals surface area (Å²) in [6, 6.07) is 9.34. The minimum Gasteiger partial charge on any atom is -0.548 e.